The zero-order chi connectivity index (χ0) is 22.6. The number of amides is 1. The van der Waals surface area contributed by atoms with Gasteiger partial charge in [-0.2, -0.15) is 13.2 Å². The number of anilines is 1. The second-order valence-corrected chi connectivity index (χ2v) is 7.78. The largest absolute Gasteiger partial charge is 0.494 e. The van der Waals surface area contributed by atoms with E-state index in [0.29, 0.717) is 21.6 Å². The summed E-state index contributed by atoms with van der Waals surface area (Å²) in [5.74, 6) is 5.46. The fraction of sp³-hybridized carbons (Fsp3) is 0.211. The van der Waals surface area contributed by atoms with E-state index in [0.717, 1.165) is 0 Å². The van der Waals surface area contributed by atoms with Crippen LogP contribution in [0.1, 0.15) is 16.2 Å². The predicted octanol–water partition coefficient (Wildman–Crippen LogP) is 3.94. The molecule has 12 heteroatoms. The Kier molecular flexibility index (Phi) is 6.97. The van der Waals surface area contributed by atoms with E-state index in [2.05, 4.69) is 48.4 Å². The monoisotopic (exact) mass is 513 g/mol. The van der Waals surface area contributed by atoms with Gasteiger partial charge in [-0.1, -0.05) is 5.92 Å². The van der Waals surface area contributed by atoms with E-state index >= 15 is 0 Å². The van der Waals surface area contributed by atoms with E-state index in [1.54, 1.807) is 12.1 Å². The molecule has 7 nitrogen and oxygen atoms in total. The molecule has 0 unspecified atom stereocenters. The SMILES string of the molecule is CNC(=O)c1cc(OC)c(NCC#Cc2nc3c(Br)cccn3c2SC(F)(F)F)cn1. The Balaban J connectivity index is 1.84. The number of methoxy groups -OCH3 is 1. The van der Waals surface area contributed by atoms with E-state index in [9.17, 15) is 18.0 Å². The van der Waals surface area contributed by atoms with Gasteiger partial charge in [-0.05, 0) is 34.0 Å². The molecule has 0 fully saturated rings. The number of carbonyl (C=O) groups is 1. The Labute approximate surface area is 187 Å². The molecule has 0 saturated carbocycles. The first-order valence-corrected chi connectivity index (χ1v) is 10.3. The van der Waals surface area contributed by atoms with Gasteiger partial charge >= 0.3 is 5.51 Å². The maximum atomic E-state index is 13.0. The standard InChI is InChI=1S/C19H15BrF3N5O2S/c1-24-17(29)13-9-15(30-2)14(10-26-13)25-7-3-6-12-18(31-19(21,22)23)28-8-4-5-11(20)16(28)27-12/h4-5,8-10,25H,7H2,1-2H3,(H,24,29). The van der Waals surface area contributed by atoms with Crippen molar-refractivity contribution in [3.8, 4) is 17.6 Å². The van der Waals surface area contributed by atoms with Crippen molar-refractivity contribution in [2.45, 2.75) is 10.5 Å². The molecule has 162 valence electrons. The van der Waals surface area contributed by atoms with Crippen molar-refractivity contribution < 1.29 is 22.7 Å². The zero-order valence-corrected chi connectivity index (χ0v) is 18.6. The molecule has 2 N–H and O–H groups in total. The number of nitrogens with one attached hydrogen (secondary N) is 2. The van der Waals surface area contributed by atoms with Crippen LogP contribution in [0.5, 0.6) is 5.75 Å². The number of carbonyl (C=O) groups excluding carboxylic acids is 1. The van der Waals surface area contributed by atoms with Crippen molar-refractivity contribution in [1.29, 1.82) is 0 Å². The first-order valence-electron chi connectivity index (χ1n) is 8.64. The van der Waals surface area contributed by atoms with E-state index in [-0.39, 0.29) is 40.6 Å². The molecular formula is C19H15BrF3N5O2S. The number of imidazole rings is 1. The Hall–Kier alpha value is -2.91. The highest BCUT2D eigenvalue weighted by atomic mass is 79.9. The van der Waals surface area contributed by atoms with Gasteiger partial charge in [0.2, 0.25) is 0 Å². The highest BCUT2D eigenvalue weighted by molar-refractivity contribution is 9.10. The van der Waals surface area contributed by atoms with Crippen molar-refractivity contribution in [3.63, 3.8) is 0 Å². The molecule has 0 saturated heterocycles. The van der Waals surface area contributed by atoms with Crippen LogP contribution in [-0.4, -0.2) is 46.5 Å². The van der Waals surface area contributed by atoms with Crippen LogP contribution in [0.2, 0.25) is 0 Å². The predicted molar refractivity (Wildman–Crippen MR) is 114 cm³/mol. The van der Waals surface area contributed by atoms with Crippen molar-refractivity contribution in [2.75, 3.05) is 26.0 Å². The molecule has 1 amide bonds. The van der Waals surface area contributed by atoms with Crippen LogP contribution in [0.3, 0.4) is 0 Å². The molecule has 0 aliphatic carbocycles. The summed E-state index contributed by atoms with van der Waals surface area (Å²) in [6.07, 6.45) is 2.91. The number of nitrogens with zero attached hydrogens (tertiary/aromatic N) is 3. The summed E-state index contributed by atoms with van der Waals surface area (Å²) >= 11 is 3.02. The Morgan fingerprint density at radius 1 is 1.42 bits per heavy atom. The molecule has 0 spiro atoms. The summed E-state index contributed by atoms with van der Waals surface area (Å²) in [5, 5.41) is 5.31. The summed E-state index contributed by atoms with van der Waals surface area (Å²) < 4.78 is 46.2. The Bertz CT molecular complexity index is 1190. The molecule has 0 aliphatic heterocycles. The van der Waals surface area contributed by atoms with E-state index in [4.69, 9.17) is 4.74 Å². The van der Waals surface area contributed by atoms with Crippen LogP contribution in [0.15, 0.2) is 40.1 Å². The van der Waals surface area contributed by atoms with Crippen molar-refractivity contribution >= 4 is 44.9 Å². The van der Waals surface area contributed by atoms with Gasteiger partial charge in [0.25, 0.3) is 5.91 Å². The van der Waals surface area contributed by atoms with Gasteiger partial charge in [-0.15, -0.1) is 0 Å². The summed E-state index contributed by atoms with van der Waals surface area (Å²) in [4.78, 5) is 19.9. The number of rotatable bonds is 5. The fourth-order valence-corrected chi connectivity index (χ4v) is 3.65. The van der Waals surface area contributed by atoms with Gasteiger partial charge in [-0.25, -0.2) is 9.97 Å². The second kappa shape index (κ2) is 9.49. The molecule has 0 radical (unpaired) electrons. The lowest BCUT2D eigenvalue weighted by molar-refractivity contribution is -0.0330. The minimum absolute atomic E-state index is 0.0103. The number of alkyl halides is 3. The van der Waals surface area contributed by atoms with Crippen molar-refractivity contribution in [2.24, 2.45) is 0 Å². The van der Waals surface area contributed by atoms with E-state index in [1.165, 1.54) is 37.0 Å². The molecule has 0 bridgehead atoms. The van der Waals surface area contributed by atoms with Gasteiger partial charge in [0, 0.05) is 31.1 Å². The molecule has 3 rings (SSSR count). The number of hydrogen-bond acceptors (Lipinski definition) is 6. The molecule has 3 heterocycles. The summed E-state index contributed by atoms with van der Waals surface area (Å²) in [7, 11) is 2.93. The first kappa shape index (κ1) is 22.8. The van der Waals surface area contributed by atoms with Gasteiger partial charge in [0.05, 0.1) is 30.0 Å². The normalized spacial score (nSPS) is 11.0. The van der Waals surface area contributed by atoms with Gasteiger partial charge < -0.3 is 15.4 Å². The van der Waals surface area contributed by atoms with Crippen molar-refractivity contribution in [1.82, 2.24) is 19.7 Å². The third-order valence-electron chi connectivity index (χ3n) is 3.89. The number of hydrogen-bond donors (Lipinski definition) is 2. The first-order chi connectivity index (χ1) is 14.7. The minimum Gasteiger partial charge on any atom is -0.494 e. The third-order valence-corrected chi connectivity index (χ3v) is 5.32. The lowest BCUT2D eigenvalue weighted by Gasteiger charge is -2.09. The maximum Gasteiger partial charge on any atom is 0.447 e. The molecule has 0 atom stereocenters. The lowest BCUT2D eigenvalue weighted by Crippen LogP contribution is -2.19. The number of fused-ring (bicyclic) bond motifs is 1. The highest BCUT2D eigenvalue weighted by Crippen LogP contribution is 2.39. The minimum atomic E-state index is -4.49. The average molecular weight is 514 g/mol. The van der Waals surface area contributed by atoms with Crippen LogP contribution in [0, 0.1) is 11.8 Å². The lowest BCUT2D eigenvalue weighted by atomic mass is 10.3. The van der Waals surface area contributed by atoms with Crippen LogP contribution < -0.4 is 15.4 Å². The number of thioether (sulfide) groups is 1. The summed E-state index contributed by atoms with van der Waals surface area (Å²) in [6.45, 7) is 0.0858. The van der Waals surface area contributed by atoms with Crippen molar-refractivity contribution in [3.05, 3.63) is 46.5 Å². The maximum absolute atomic E-state index is 13.0. The number of ether oxygens (including phenoxy) is 1. The zero-order valence-electron chi connectivity index (χ0n) is 16.2. The van der Waals surface area contributed by atoms with Gasteiger partial charge in [0.15, 0.2) is 5.65 Å². The Morgan fingerprint density at radius 2 is 2.19 bits per heavy atom. The quantitative estimate of drug-likeness (QED) is 0.397. The summed E-state index contributed by atoms with van der Waals surface area (Å²) in [6, 6.07) is 4.76. The van der Waals surface area contributed by atoms with E-state index < -0.39 is 5.51 Å². The molecule has 3 aromatic rings. The molecule has 0 aromatic carbocycles. The van der Waals surface area contributed by atoms with Crippen LogP contribution in [-0.2, 0) is 0 Å². The van der Waals surface area contributed by atoms with Crippen LogP contribution >= 0.6 is 27.7 Å². The molecule has 0 aliphatic rings. The molecule has 3 aromatic heterocycles. The Morgan fingerprint density at radius 3 is 2.87 bits per heavy atom. The third kappa shape index (κ3) is 5.42. The second-order valence-electron chi connectivity index (χ2n) is 5.87. The summed E-state index contributed by atoms with van der Waals surface area (Å²) in [5.41, 5.74) is -3.48. The van der Waals surface area contributed by atoms with E-state index in [1.807, 2.05) is 0 Å². The smallest absolute Gasteiger partial charge is 0.447 e. The van der Waals surface area contributed by atoms with Crippen LogP contribution in [0.4, 0.5) is 18.9 Å². The average Bonchev–Trinajstić information content (AvgIpc) is 3.07. The van der Waals surface area contributed by atoms with Crippen LogP contribution in [0.25, 0.3) is 5.65 Å². The highest BCUT2D eigenvalue weighted by Gasteiger charge is 2.33. The topological polar surface area (TPSA) is 80.5 Å². The number of aromatic nitrogens is 3. The van der Waals surface area contributed by atoms with Gasteiger partial charge in [-0.3, -0.25) is 9.20 Å². The fourth-order valence-electron chi connectivity index (χ4n) is 2.56. The molecular weight excluding hydrogens is 499 g/mol. The molecule has 31 heavy (non-hydrogen) atoms. The van der Waals surface area contributed by atoms with Gasteiger partial charge in [0.1, 0.15) is 22.2 Å². The number of halogens is 4. The number of pyridine rings is 2.